The average Bonchev–Trinajstić information content (AvgIpc) is 3.16. The van der Waals surface area contributed by atoms with E-state index in [1.807, 2.05) is 41.3 Å². The first-order valence-electron chi connectivity index (χ1n) is 17.0. The Morgan fingerprint density at radius 1 is 0.612 bits per heavy atom. The van der Waals surface area contributed by atoms with Crippen LogP contribution in [0.5, 0.6) is 11.5 Å². The minimum absolute atomic E-state index is 0.00463. The third kappa shape index (κ3) is 12.2. The molecule has 272 valence electrons. The van der Waals surface area contributed by atoms with Crippen LogP contribution in [0.15, 0.2) is 36.4 Å². The lowest BCUT2D eigenvalue weighted by Crippen LogP contribution is -2.53. The predicted octanol–water partition coefficient (Wildman–Crippen LogP) is 2.32. The van der Waals surface area contributed by atoms with Gasteiger partial charge in [-0.2, -0.15) is 0 Å². The zero-order valence-corrected chi connectivity index (χ0v) is 31.0. The Labute approximate surface area is 305 Å². The quantitative estimate of drug-likeness (QED) is 0.367. The van der Waals surface area contributed by atoms with Gasteiger partial charge in [0.2, 0.25) is 11.8 Å². The van der Waals surface area contributed by atoms with Gasteiger partial charge in [-0.3, -0.25) is 14.5 Å². The maximum absolute atomic E-state index is 12.5. The summed E-state index contributed by atoms with van der Waals surface area (Å²) < 4.78 is 10.5. The Balaban J connectivity index is 0.000000192. The number of anilines is 2. The highest BCUT2D eigenvalue weighted by Crippen LogP contribution is 2.31. The van der Waals surface area contributed by atoms with E-state index in [1.54, 1.807) is 19.1 Å². The Bertz CT molecular complexity index is 1300. The van der Waals surface area contributed by atoms with Crippen LogP contribution in [0.25, 0.3) is 0 Å². The zero-order chi connectivity index (χ0) is 35.0. The first-order chi connectivity index (χ1) is 23.8. The molecule has 0 aliphatic carbocycles. The Morgan fingerprint density at radius 3 is 1.41 bits per heavy atom. The summed E-state index contributed by atoms with van der Waals surface area (Å²) in [6.07, 6.45) is 0. The lowest BCUT2D eigenvalue weighted by molar-refractivity contribution is -0.133. The predicted molar refractivity (Wildman–Crippen MR) is 199 cm³/mol. The molecule has 4 aliphatic rings. The monoisotopic (exact) mass is 740 g/mol. The van der Waals surface area contributed by atoms with Crippen molar-refractivity contribution in [2.45, 2.75) is 0 Å². The summed E-state index contributed by atoms with van der Waals surface area (Å²) in [6.45, 7) is 15.1. The summed E-state index contributed by atoms with van der Waals surface area (Å²) in [5, 5.41) is 11.0. The van der Waals surface area contributed by atoms with Crippen LogP contribution in [-0.2, 0) is 9.59 Å². The van der Waals surface area contributed by atoms with E-state index in [-0.39, 0.29) is 17.7 Å². The second-order valence-electron chi connectivity index (χ2n) is 12.0. The molecule has 0 atom stereocenters. The van der Waals surface area contributed by atoms with E-state index in [0.29, 0.717) is 41.2 Å². The maximum atomic E-state index is 12.5. The average molecular weight is 742 g/mol. The third-order valence-corrected chi connectivity index (χ3v) is 9.76. The molecule has 2 aromatic rings. The number of hydrogen-bond acceptors (Lipinski definition) is 10. The van der Waals surface area contributed by atoms with Crippen molar-refractivity contribution in [3.8, 4) is 11.5 Å². The first-order valence-corrected chi connectivity index (χ1v) is 18.2. The largest absolute Gasteiger partial charge is 0.495 e. The second-order valence-corrected chi connectivity index (χ2v) is 13.1. The van der Waals surface area contributed by atoms with Crippen molar-refractivity contribution in [1.29, 1.82) is 0 Å². The number of alkyl halides is 1. The lowest BCUT2D eigenvalue weighted by atomic mass is 10.2. The van der Waals surface area contributed by atoms with Crippen LogP contribution in [0, 0.1) is 0 Å². The fourth-order valence-corrected chi connectivity index (χ4v) is 6.53. The van der Waals surface area contributed by atoms with Gasteiger partial charge in [0.1, 0.15) is 17.4 Å². The van der Waals surface area contributed by atoms with Gasteiger partial charge in [0.25, 0.3) is 0 Å². The van der Waals surface area contributed by atoms with Crippen LogP contribution in [0.3, 0.4) is 0 Å². The molecule has 49 heavy (non-hydrogen) atoms. The van der Waals surface area contributed by atoms with Crippen LogP contribution in [0.4, 0.5) is 11.4 Å². The minimum atomic E-state index is -0.00463. The van der Waals surface area contributed by atoms with E-state index in [0.717, 1.165) is 103 Å². The molecule has 0 aromatic heterocycles. The summed E-state index contributed by atoms with van der Waals surface area (Å²) >= 11 is 17.7. The van der Waals surface area contributed by atoms with Gasteiger partial charge in [-0.1, -0.05) is 23.2 Å². The summed E-state index contributed by atoms with van der Waals surface area (Å²) in [5.74, 6) is 1.64. The molecule has 4 heterocycles. The highest BCUT2D eigenvalue weighted by molar-refractivity contribution is 6.32. The number of carbonyl (C=O) groups is 2. The smallest absolute Gasteiger partial charge is 0.237 e. The van der Waals surface area contributed by atoms with Crippen molar-refractivity contribution in [2.24, 2.45) is 0 Å². The Morgan fingerprint density at radius 2 is 1.02 bits per heavy atom. The molecule has 15 heteroatoms. The van der Waals surface area contributed by atoms with Crippen LogP contribution in [-0.4, -0.2) is 158 Å². The topological polar surface area (TPSA) is 105 Å². The number of rotatable bonds is 7. The van der Waals surface area contributed by atoms with Crippen LogP contribution in [0.2, 0.25) is 10.0 Å². The Kier molecular flexibility index (Phi) is 16.6. The van der Waals surface area contributed by atoms with Crippen LogP contribution < -0.4 is 35.2 Å². The number of nitrogens with zero attached hydrogens (tertiary/aromatic N) is 5. The fraction of sp³-hybridized carbons (Fsp3) is 0.588. The van der Waals surface area contributed by atoms with E-state index < -0.39 is 0 Å². The maximum Gasteiger partial charge on any atom is 0.237 e. The summed E-state index contributed by atoms with van der Waals surface area (Å²) in [4.78, 5) is 34.4. The number of hydrogen-bond donors (Lipinski definition) is 3. The molecule has 0 radical (unpaired) electrons. The zero-order valence-electron chi connectivity index (χ0n) is 28.7. The molecular formula is C34H51Cl3N8O4. The van der Waals surface area contributed by atoms with Gasteiger partial charge in [0.05, 0.1) is 30.8 Å². The molecule has 2 aromatic carbocycles. The van der Waals surface area contributed by atoms with Crippen molar-refractivity contribution in [1.82, 2.24) is 30.7 Å². The molecule has 2 amide bonds. The molecule has 3 N–H and O–H groups in total. The number of methoxy groups -OCH3 is 2. The van der Waals surface area contributed by atoms with Gasteiger partial charge in [0, 0.05) is 128 Å². The van der Waals surface area contributed by atoms with E-state index >= 15 is 0 Å². The number of benzene rings is 2. The van der Waals surface area contributed by atoms with E-state index in [1.165, 1.54) is 0 Å². The molecule has 4 aliphatic heterocycles. The summed E-state index contributed by atoms with van der Waals surface area (Å²) in [6, 6.07) is 11.5. The number of nitrogens with one attached hydrogen (secondary N) is 3. The van der Waals surface area contributed by atoms with Gasteiger partial charge in [0.15, 0.2) is 0 Å². The van der Waals surface area contributed by atoms with Crippen LogP contribution in [0.1, 0.15) is 0 Å². The number of ether oxygens (including phenoxy) is 2. The van der Waals surface area contributed by atoms with Gasteiger partial charge in [-0.15, -0.1) is 11.6 Å². The normalized spacial score (nSPS) is 18.5. The van der Waals surface area contributed by atoms with E-state index in [4.69, 9.17) is 44.3 Å². The molecule has 4 fully saturated rings. The highest BCUT2D eigenvalue weighted by atomic mass is 35.5. The number of piperazine rings is 4. The molecule has 0 saturated carbocycles. The number of halogens is 3. The lowest BCUT2D eigenvalue weighted by Gasteiger charge is -2.37. The van der Waals surface area contributed by atoms with Gasteiger partial charge >= 0.3 is 0 Å². The Hall–Kier alpha value is -2.71. The van der Waals surface area contributed by atoms with Gasteiger partial charge in [-0.05, 0) is 24.3 Å². The summed E-state index contributed by atoms with van der Waals surface area (Å²) in [5.41, 5.74) is 2.14. The van der Waals surface area contributed by atoms with Crippen molar-refractivity contribution in [2.75, 3.05) is 141 Å². The van der Waals surface area contributed by atoms with E-state index in [2.05, 4.69) is 30.7 Å². The molecule has 0 spiro atoms. The first kappa shape index (κ1) is 39.1. The molecule has 6 rings (SSSR count). The van der Waals surface area contributed by atoms with Crippen molar-refractivity contribution >= 4 is 58.0 Å². The fourth-order valence-electron chi connectivity index (χ4n) is 5.97. The highest BCUT2D eigenvalue weighted by Gasteiger charge is 2.24. The molecular weight excluding hydrogens is 691 g/mol. The summed E-state index contributed by atoms with van der Waals surface area (Å²) in [7, 11) is 3.22. The second kappa shape index (κ2) is 20.8. The van der Waals surface area contributed by atoms with Crippen molar-refractivity contribution in [3.05, 3.63) is 46.4 Å². The van der Waals surface area contributed by atoms with Crippen molar-refractivity contribution in [3.63, 3.8) is 0 Å². The number of amides is 2. The SMILES string of the molecule is C1CNCCN1.COc1cc(N2CCN(C(=O)CCl)CC2)ccc1Cl.COc1cc(N2CCN(C(=O)CN3CCNCC3)CC2)ccc1Cl. The van der Waals surface area contributed by atoms with Crippen LogP contribution >= 0.6 is 34.8 Å². The van der Waals surface area contributed by atoms with E-state index in [9.17, 15) is 9.59 Å². The molecule has 4 saturated heterocycles. The minimum Gasteiger partial charge on any atom is -0.495 e. The molecule has 0 bridgehead atoms. The van der Waals surface area contributed by atoms with Gasteiger partial charge < -0.3 is 45.0 Å². The molecule has 0 unspecified atom stereocenters. The number of carbonyl (C=O) groups excluding carboxylic acids is 2. The van der Waals surface area contributed by atoms with Gasteiger partial charge in [-0.25, -0.2) is 0 Å². The molecule has 12 nitrogen and oxygen atoms in total. The van der Waals surface area contributed by atoms with Crippen molar-refractivity contribution < 1.29 is 19.1 Å². The standard InChI is InChI=1S/C17H25ClN4O2.C13H16Cl2N2O2.C4H10N2/c1-24-16-12-14(2-3-15(16)18)21-8-10-22(11-9-21)17(23)13-20-6-4-19-5-7-20;1-19-12-8-10(2-3-11(12)15)16-4-6-17(7-5-16)13(18)9-14;1-2-6-4-3-5-1/h2-3,12,19H,4-11,13H2,1H3;2-3,8H,4-7,9H2,1H3;5-6H,1-4H2. The third-order valence-electron chi connectivity index (χ3n) is 8.90.